The standard InChI is InChI=1S/C5H13N.CH4.2CH3.K.H3N/c1-5(2)6(3)4;;;;;/h5H,1-4H3;1H4;2*1H3;;1H3/q;;2*-1;+1;. The van der Waals surface area contributed by atoms with E-state index in [4.69, 9.17) is 0 Å². The van der Waals surface area contributed by atoms with E-state index in [-0.39, 0.29) is 79.8 Å². The topological polar surface area (TPSA) is 38.2 Å². The molecule has 0 radical (unpaired) electrons. The molecule has 0 aromatic carbocycles. The average molecular weight is 189 g/mol. The van der Waals surface area contributed by atoms with E-state index >= 15 is 0 Å². The molecular weight excluding hydrogens is 163 g/mol. The molecule has 0 amide bonds. The molecule has 0 fully saturated rings. The van der Waals surface area contributed by atoms with Crippen LogP contribution >= 0.6 is 0 Å². The second-order valence-electron chi connectivity index (χ2n) is 2.06. The maximum Gasteiger partial charge on any atom is 1.00 e. The maximum absolute atomic E-state index is 2.17. The summed E-state index contributed by atoms with van der Waals surface area (Å²) < 4.78 is 0. The monoisotopic (exact) mass is 189 g/mol. The third-order valence-corrected chi connectivity index (χ3v) is 1.03. The van der Waals surface area contributed by atoms with Crippen molar-refractivity contribution >= 4 is 0 Å². The molecule has 0 rings (SSSR count). The Bertz CT molecular complexity index is 33.1. The van der Waals surface area contributed by atoms with Crippen molar-refractivity contribution in [3.8, 4) is 0 Å². The fourth-order valence-electron chi connectivity index (χ4n) is 0. The minimum atomic E-state index is 0. The smallest absolute Gasteiger partial charge is 0.358 e. The largest absolute Gasteiger partial charge is 1.00 e. The van der Waals surface area contributed by atoms with E-state index in [9.17, 15) is 0 Å². The van der Waals surface area contributed by atoms with Crippen molar-refractivity contribution in [3.05, 3.63) is 14.9 Å². The van der Waals surface area contributed by atoms with E-state index < -0.39 is 0 Å². The Hall–Kier alpha value is 1.56. The van der Waals surface area contributed by atoms with Gasteiger partial charge in [0.15, 0.2) is 0 Å². The van der Waals surface area contributed by atoms with Crippen molar-refractivity contribution < 1.29 is 51.4 Å². The molecule has 0 atom stereocenters. The van der Waals surface area contributed by atoms with Crippen LogP contribution in [-0.4, -0.2) is 25.0 Å². The Kier molecular flexibility index (Phi) is 80.0. The summed E-state index contributed by atoms with van der Waals surface area (Å²) in [4.78, 5) is 2.17. The molecule has 0 aliphatic heterocycles. The molecule has 3 N–H and O–H groups in total. The van der Waals surface area contributed by atoms with Crippen LogP contribution in [0.2, 0.25) is 0 Å². The second-order valence-corrected chi connectivity index (χ2v) is 2.06. The number of hydrogen-bond acceptors (Lipinski definition) is 2. The summed E-state index contributed by atoms with van der Waals surface area (Å²) in [5.41, 5.74) is 0. The van der Waals surface area contributed by atoms with Gasteiger partial charge in [0.2, 0.25) is 0 Å². The zero-order chi connectivity index (χ0) is 5.15. The van der Waals surface area contributed by atoms with Crippen LogP contribution in [-0.2, 0) is 0 Å². The minimum Gasteiger partial charge on any atom is -0.358 e. The van der Waals surface area contributed by atoms with E-state index in [1.165, 1.54) is 0 Å². The van der Waals surface area contributed by atoms with Crippen molar-refractivity contribution in [1.82, 2.24) is 11.1 Å². The molecule has 0 aliphatic carbocycles. The zero-order valence-electron chi connectivity index (χ0n) is 8.73. The number of hydrogen-bond donors (Lipinski definition) is 1. The third kappa shape index (κ3) is 34.2. The Morgan fingerprint density at radius 2 is 1.09 bits per heavy atom. The van der Waals surface area contributed by atoms with Gasteiger partial charge >= 0.3 is 51.4 Å². The van der Waals surface area contributed by atoms with Crippen LogP contribution in [0.5, 0.6) is 0 Å². The Balaban J connectivity index is -0.0000000125. The summed E-state index contributed by atoms with van der Waals surface area (Å²) in [6.45, 7) is 4.33. The van der Waals surface area contributed by atoms with Gasteiger partial charge < -0.3 is 25.9 Å². The normalized spacial score (nSPS) is 6.00. The van der Waals surface area contributed by atoms with Gasteiger partial charge in [-0.1, -0.05) is 7.43 Å². The van der Waals surface area contributed by atoms with E-state index in [2.05, 4.69) is 32.8 Å². The fourth-order valence-corrected chi connectivity index (χ4v) is 0. The van der Waals surface area contributed by atoms with Crippen LogP contribution in [0.4, 0.5) is 0 Å². The quantitative estimate of drug-likeness (QED) is 0.453. The number of nitrogens with zero attached hydrogens (tertiary/aromatic N) is 1. The summed E-state index contributed by atoms with van der Waals surface area (Å²) in [5.74, 6) is 0. The van der Waals surface area contributed by atoms with E-state index in [1.807, 2.05) is 0 Å². The first-order chi connectivity index (χ1) is 2.64. The van der Waals surface area contributed by atoms with Crippen molar-refractivity contribution in [2.75, 3.05) is 14.1 Å². The predicted octanol–water partition coefficient (Wildman–Crippen LogP) is -0.341. The number of rotatable bonds is 1. The Morgan fingerprint density at radius 3 is 1.09 bits per heavy atom. The van der Waals surface area contributed by atoms with Gasteiger partial charge in [0.05, 0.1) is 0 Å². The molecule has 0 unspecified atom stereocenters. The summed E-state index contributed by atoms with van der Waals surface area (Å²) in [6, 6.07) is 0.685. The van der Waals surface area contributed by atoms with Crippen LogP contribution in [0.3, 0.4) is 0 Å². The minimum absolute atomic E-state index is 0. The molecule has 0 saturated heterocycles. The maximum atomic E-state index is 2.17. The Morgan fingerprint density at radius 1 is 1.00 bits per heavy atom. The van der Waals surface area contributed by atoms with E-state index in [0.717, 1.165) is 0 Å². The van der Waals surface area contributed by atoms with Gasteiger partial charge in [-0.15, -0.1) is 0 Å². The third-order valence-electron chi connectivity index (χ3n) is 1.03. The van der Waals surface area contributed by atoms with Crippen LogP contribution in [0, 0.1) is 14.9 Å². The molecule has 0 bridgehead atoms. The molecule has 2 nitrogen and oxygen atoms in total. The summed E-state index contributed by atoms with van der Waals surface area (Å²) in [5, 5.41) is 0. The van der Waals surface area contributed by atoms with Gasteiger partial charge in [-0.05, 0) is 27.9 Å². The van der Waals surface area contributed by atoms with Crippen LogP contribution in [0.1, 0.15) is 21.3 Å². The first-order valence-corrected chi connectivity index (χ1v) is 2.31. The first-order valence-electron chi connectivity index (χ1n) is 2.31. The molecular formula is C8H26KN2-. The van der Waals surface area contributed by atoms with Gasteiger partial charge in [-0.3, -0.25) is 0 Å². The van der Waals surface area contributed by atoms with Crippen molar-refractivity contribution in [2.45, 2.75) is 27.3 Å². The molecule has 0 saturated carbocycles. The van der Waals surface area contributed by atoms with Crippen LogP contribution < -0.4 is 57.5 Å². The van der Waals surface area contributed by atoms with Gasteiger partial charge in [0, 0.05) is 6.04 Å². The van der Waals surface area contributed by atoms with Gasteiger partial charge in [0.1, 0.15) is 0 Å². The van der Waals surface area contributed by atoms with Crippen molar-refractivity contribution in [1.29, 1.82) is 0 Å². The molecule has 0 aromatic heterocycles. The molecule has 11 heavy (non-hydrogen) atoms. The Labute approximate surface area is 117 Å². The van der Waals surface area contributed by atoms with Crippen molar-refractivity contribution in [2.24, 2.45) is 0 Å². The molecule has 3 heteroatoms. The van der Waals surface area contributed by atoms with E-state index in [0.29, 0.717) is 6.04 Å². The van der Waals surface area contributed by atoms with E-state index in [1.54, 1.807) is 0 Å². The molecule has 0 spiro atoms. The predicted molar refractivity (Wildman–Crippen MR) is 53.4 cm³/mol. The SMILES string of the molecule is C.CC(C)N(C)C.N.[CH3-].[CH3-].[K+]. The van der Waals surface area contributed by atoms with Gasteiger partial charge in [-0.25, -0.2) is 0 Å². The van der Waals surface area contributed by atoms with Gasteiger partial charge in [0.25, 0.3) is 0 Å². The molecule has 0 heterocycles. The fraction of sp³-hybridized carbons (Fsp3) is 0.750. The van der Waals surface area contributed by atoms with Crippen LogP contribution in [0.15, 0.2) is 0 Å². The molecule has 70 valence electrons. The summed E-state index contributed by atoms with van der Waals surface area (Å²) in [7, 11) is 4.15. The van der Waals surface area contributed by atoms with Crippen LogP contribution in [0.25, 0.3) is 0 Å². The zero-order valence-corrected chi connectivity index (χ0v) is 11.9. The second kappa shape index (κ2) is 22.6. The molecule has 0 aliphatic rings. The average Bonchev–Trinajstić information content (AvgIpc) is 1.36. The molecule has 0 aromatic rings. The first kappa shape index (κ1) is 39.0. The van der Waals surface area contributed by atoms with Gasteiger partial charge in [-0.2, -0.15) is 0 Å². The van der Waals surface area contributed by atoms with Crippen molar-refractivity contribution in [3.63, 3.8) is 0 Å². The summed E-state index contributed by atoms with van der Waals surface area (Å²) in [6.07, 6.45) is 0. The summed E-state index contributed by atoms with van der Waals surface area (Å²) >= 11 is 0.